The number of nitrogens with one attached hydrogen (secondary N) is 2. The van der Waals surface area contributed by atoms with Gasteiger partial charge in [-0.2, -0.15) is 0 Å². The lowest BCUT2D eigenvalue weighted by molar-refractivity contribution is -0.876. The van der Waals surface area contributed by atoms with Gasteiger partial charge in [0.25, 0.3) is 6.54 Å². The molecule has 0 aromatic heterocycles. The molecule has 0 aliphatic carbocycles. The Kier molecular flexibility index (Phi) is 1.07. The van der Waals surface area contributed by atoms with Crippen LogP contribution in [0, 0.1) is 9.81 Å². The topological polar surface area (TPSA) is 64.2 Å². The predicted molar refractivity (Wildman–Crippen MR) is 23.3 cm³/mol. The molecule has 1 rings (SSSR count). The zero-order valence-corrected chi connectivity index (χ0v) is 4.13. The van der Waals surface area contributed by atoms with Crippen LogP contribution >= 0.6 is 0 Å². The summed E-state index contributed by atoms with van der Waals surface area (Å²) in [5.74, 6) is 0. The summed E-state index contributed by atoms with van der Waals surface area (Å²) in [5, 5.41) is 0. The van der Waals surface area contributed by atoms with Crippen molar-refractivity contribution in [3.8, 4) is 0 Å². The fourth-order valence-corrected chi connectivity index (χ4v) is 0.440. The summed E-state index contributed by atoms with van der Waals surface area (Å²) in [4.78, 5) is 21.1. The molecule has 1 aliphatic heterocycles. The average molecular weight is 118 g/mol. The van der Waals surface area contributed by atoms with Gasteiger partial charge in [-0.15, -0.1) is 5.43 Å². The Balaban J connectivity index is 2.45. The fraction of sp³-hybridized carbons (Fsp3) is 1.00. The van der Waals surface area contributed by atoms with Crippen LogP contribution in [0.2, 0.25) is 0 Å². The van der Waals surface area contributed by atoms with Gasteiger partial charge in [0.1, 0.15) is 6.54 Å². The number of hydrogen-bond acceptors (Lipinski definition) is 2. The monoisotopic (exact) mass is 118 g/mol. The van der Waals surface area contributed by atoms with Gasteiger partial charge < -0.3 is 0 Å². The van der Waals surface area contributed by atoms with Gasteiger partial charge >= 0.3 is 4.98 Å². The molecule has 0 aromatic carbocycles. The van der Waals surface area contributed by atoms with Crippen LogP contribution in [0.5, 0.6) is 0 Å². The molecule has 1 heterocycles. The summed E-state index contributed by atoms with van der Waals surface area (Å²) in [6, 6.07) is 0. The molecule has 1 saturated heterocycles. The molecule has 0 radical (unpaired) electrons. The van der Waals surface area contributed by atoms with Crippen molar-refractivity contribution in [2.45, 2.75) is 0 Å². The number of hydrogen-bond donors (Lipinski definition) is 2. The number of nitrogens with zero attached hydrogens (tertiary/aromatic N) is 2. The van der Waals surface area contributed by atoms with Crippen molar-refractivity contribution in [3.63, 3.8) is 0 Å². The maximum absolute atomic E-state index is 10.2. The van der Waals surface area contributed by atoms with E-state index in [0.29, 0.717) is 18.0 Å². The standard InChI is InChI=1S/C2H6N4O2/c7-5-2-1-3-6(8)4-5/h1-2H2,(H2,3,4,7,8)/q+2. The minimum absolute atomic E-state index is 0.274. The summed E-state index contributed by atoms with van der Waals surface area (Å²) in [6.45, 7) is 0.679. The highest BCUT2D eigenvalue weighted by atomic mass is 16.4. The van der Waals surface area contributed by atoms with Crippen molar-refractivity contribution in [2.75, 3.05) is 13.1 Å². The van der Waals surface area contributed by atoms with E-state index < -0.39 is 0 Å². The first-order valence-corrected chi connectivity index (χ1v) is 2.21. The van der Waals surface area contributed by atoms with Gasteiger partial charge in [-0.3, -0.25) is 0 Å². The van der Waals surface area contributed by atoms with Crippen LogP contribution in [0.4, 0.5) is 0 Å². The van der Waals surface area contributed by atoms with Crippen LogP contribution < -0.4 is 11.0 Å². The van der Waals surface area contributed by atoms with Gasteiger partial charge in [-0.25, -0.2) is 0 Å². The first-order valence-electron chi connectivity index (χ1n) is 2.21. The molecule has 8 heavy (non-hydrogen) atoms. The zero-order valence-electron chi connectivity index (χ0n) is 4.13. The summed E-state index contributed by atoms with van der Waals surface area (Å²) < 4.78 is 0. The number of hydrazine groups is 3. The van der Waals surface area contributed by atoms with Gasteiger partial charge in [0.05, 0.1) is 9.81 Å². The molecule has 2 N–H and O–H groups in total. The summed E-state index contributed by atoms with van der Waals surface area (Å²) in [5.41, 5.74) is 4.26. The van der Waals surface area contributed by atoms with Crippen LogP contribution in [-0.2, 0) is 0 Å². The normalized spacial score (nSPS) is 19.5. The van der Waals surface area contributed by atoms with E-state index in [0.717, 1.165) is 0 Å². The highest BCUT2D eigenvalue weighted by Crippen LogP contribution is 1.71. The van der Waals surface area contributed by atoms with Crippen LogP contribution in [0.3, 0.4) is 0 Å². The molecule has 0 amide bonds. The molecule has 0 atom stereocenters. The van der Waals surface area contributed by atoms with Crippen LogP contribution in [0.25, 0.3) is 0 Å². The third-order valence-electron chi connectivity index (χ3n) is 0.773. The van der Waals surface area contributed by atoms with Gasteiger partial charge in [-0.05, 0) is 0 Å². The van der Waals surface area contributed by atoms with E-state index in [1.807, 2.05) is 5.53 Å². The molecular formula is C2H6N4O2+2. The molecule has 0 spiro atoms. The van der Waals surface area contributed by atoms with E-state index in [4.69, 9.17) is 0 Å². The van der Waals surface area contributed by atoms with Crippen molar-refractivity contribution in [2.24, 2.45) is 0 Å². The van der Waals surface area contributed by atoms with E-state index in [-0.39, 0.29) is 4.98 Å². The lowest BCUT2D eigenvalue weighted by Gasteiger charge is -1.93. The molecule has 6 heteroatoms. The maximum Gasteiger partial charge on any atom is 0.305 e. The molecule has 0 aromatic rings. The molecule has 1 aliphatic rings. The third kappa shape index (κ3) is 0.895. The molecule has 0 saturated carbocycles. The first-order chi connectivity index (χ1) is 3.79. The van der Waals surface area contributed by atoms with Crippen molar-refractivity contribution in [3.05, 3.63) is 9.81 Å². The Morgan fingerprint density at radius 3 is 2.50 bits per heavy atom. The number of rotatable bonds is 0. The molecule has 1 fully saturated rings. The quantitative estimate of drug-likeness (QED) is 0.379. The minimum atomic E-state index is 0.274. The average Bonchev–Trinajstić information content (AvgIpc) is 1.64. The van der Waals surface area contributed by atoms with E-state index in [1.165, 1.54) is 0 Å². The Morgan fingerprint density at radius 2 is 2.12 bits per heavy atom. The fourth-order valence-electron chi connectivity index (χ4n) is 0.440. The van der Waals surface area contributed by atoms with E-state index in [9.17, 15) is 9.81 Å². The van der Waals surface area contributed by atoms with Crippen molar-refractivity contribution in [1.29, 1.82) is 0 Å². The minimum Gasteiger partial charge on any atom is -0.111 e. The summed E-state index contributed by atoms with van der Waals surface area (Å²) in [6.07, 6.45) is 0. The lowest BCUT2D eigenvalue weighted by Crippen LogP contribution is -2.51. The second-order valence-corrected chi connectivity index (χ2v) is 1.40. The highest BCUT2D eigenvalue weighted by molar-refractivity contribution is 4.26. The first kappa shape index (κ1) is 4.95. The highest BCUT2D eigenvalue weighted by Gasteiger charge is 2.25. The molecule has 0 bridgehead atoms. The van der Waals surface area contributed by atoms with E-state index in [2.05, 4.69) is 5.43 Å². The second-order valence-electron chi connectivity index (χ2n) is 1.40. The van der Waals surface area contributed by atoms with Crippen LogP contribution in [0.15, 0.2) is 0 Å². The van der Waals surface area contributed by atoms with Gasteiger partial charge in [0.15, 0.2) is 10.4 Å². The largest absolute Gasteiger partial charge is 0.305 e. The molecule has 0 unspecified atom stereocenters. The third-order valence-corrected chi connectivity index (χ3v) is 0.773. The van der Waals surface area contributed by atoms with Crippen LogP contribution in [0.1, 0.15) is 0 Å². The second kappa shape index (κ2) is 1.73. The molecule has 44 valence electrons. The van der Waals surface area contributed by atoms with E-state index >= 15 is 0 Å². The Labute approximate surface area is 44.9 Å². The zero-order chi connectivity index (χ0) is 5.98. The number of nitroso groups, excluding NO2 is 2. The van der Waals surface area contributed by atoms with Crippen molar-refractivity contribution in [1.82, 2.24) is 11.0 Å². The van der Waals surface area contributed by atoms with Crippen molar-refractivity contribution < 1.29 is 9.85 Å². The predicted octanol–water partition coefficient (Wildman–Crippen LogP) is -1.52. The Bertz CT molecular complexity index is 118. The summed E-state index contributed by atoms with van der Waals surface area (Å²) in [7, 11) is 0. The summed E-state index contributed by atoms with van der Waals surface area (Å²) >= 11 is 0. The Hall–Kier alpha value is -1.20. The van der Waals surface area contributed by atoms with Gasteiger partial charge in [0.2, 0.25) is 0 Å². The SMILES string of the molecule is O=[N+]1CCN[N+](=O)N1. The molecule has 6 nitrogen and oxygen atoms in total. The lowest BCUT2D eigenvalue weighted by atomic mass is 10.7. The smallest absolute Gasteiger partial charge is 0.111 e. The Morgan fingerprint density at radius 1 is 1.38 bits per heavy atom. The van der Waals surface area contributed by atoms with Gasteiger partial charge in [-0.1, -0.05) is 0 Å². The van der Waals surface area contributed by atoms with Crippen LogP contribution in [-0.4, -0.2) is 22.9 Å². The van der Waals surface area contributed by atoms with Crippen molar-refractivity contribution >= 4 is 0 Å². The molecular weight excluding hydrogens is 112 g/mol. The van der Waals surface area contributed by atoms with E-state index in [1.54, 1.807) is 0 Å². The maximum atomic E-state index is 10.2. The van der Waals surface area contributed by atoms with Gasteiger partial charge in [0, 0.05) is 0 Å².